The van der Waals surface area contributed by atoms with Gasteiger partial charge in [0, 0.05) is 0 Å². The summed E-state index contributed by atoms with van der Waals surface area (Å²) < 4.78 is 0. The minimum Gasteiger partial charge on any atom is -0.298 e. The summed E-state index contributed by atoms with van der Waals surface area (Å²) >= 11 is 0. The smallest absolute Gasteiger partial charge is 0.160 e. The quantitative estimate of drug-likeness (QED) is 0.702. The van der Waals surface area contributed by atoms with Crippen molar-refractivity contribution in [2.75, 3.05) is 0 Å². The monoisotopic (exact) mass is 376 g/mol. The maximum atomic E-state index is 13.3. The van der Waals surface area contributed by atoms with Gasteiger partial charge < -0.3 is 0 Å². The second kappa shape index (κ2) is 6.80. The molecule has 0 heterocycles. The van der Waals surface area contributed by atoms with E-state index in [1.807, 2.05) is 56.3 Å². The maximum absolute atomic E-state index is 13.3. The Morgan fingerprint density at radius 1 is 0.786 bits per heavy atom. The van der Waals surface area contributed by atoms with Gasteiger partial charge in [-0.05, 0) is 69.4 Å². The van der Waals surface area contributed by atoms with E-state index in [2.05, 4.69) is 0 Å². The lowest BCUT2D eigenvalue weighted by Crippen LogP contribution is -2.56. The first-order chi connectivity index (χ1) is 13.0. The molecule has 2 aromatic rings. The molecular formula is C25H28O3. The van der Waals surface area contributed by atoms with Crippen molar-refractivity contribution in [2.24, 2.45) is 10.8 Å². The Morgan fingerprint density at radius 2 is 1.29 bits per heavy atom. The third-order valence-electron chi connectivity index (χ3n) is 6.11. The van der Waals surface area contributed by atoms with E-state index in [0.29, 0.717) is 0 Å². The first-order valence-corrected chi connectivity index (χ1v) is 9.85. The molecule has 1 fully saturated rings. The van der Waals surface area contributed by atoms with Crippen LogP contribution in [0.5, 0.6) is 0 Å². The normalized spacial score (nSPS) is 19.1. The molecule has 2 aromatic carbocycles. The van der Waals surface area contributed by atoms with Crippen molar-refractivity contribution in [3.05, 3.63) is 59.2 Å². The van der Waals surface area contributed by atoms with Crippen molar-refractivity contribution >= 4 is 17.3 Å². The fourth-order valence-corrected chi connectivity index (χ4v) is 4.24. The summed E-state index contributed by atoms with van der Waals surface area (Å²) in [5.74, 6) is -1.78. The lowest BCUT2D eigenvalue weighted by atomic mass is 9.57. The van der Waals surface area contributed by atoms with Gasteiger partial charge in [0.25, 0.3) is 0 Å². The van der Waals surface area contributed by atoms with Gasteiger partial charge in [0.1, 0.15) is 5.92 Å². The molecule has 0 aliphatic heterocycles. The standard InChI is InChI=1S/C25H28O3/c1-7-16-12-13-18(17-10-8-15(2)9-11-17)14-19(16)20-21(26)24(3,4)23(28)25(5,6)22(20)27/h8-14,20H,7H2,1-6H3. The molecular weight excluding hydrogens is 348 g/mol. The van der Waals surface area contributed by atoms with Crippen LogP contribution in [0.4, 0.5) is 0 Å². The predicted octanol–water partition coefficient (Wildman–Crippen LogP) is 5.08. The summed E-state index contributed by atoms with van der Waals surface area (Å²) in [6, 6.07) is 14.2. The van der Waals surface area contributed by atoms with Crippen molar-refractivity contribution in [1.29, 1.82) is 0 Å². The first-order valence-electron chi connectivity index (χ1n) is 9.85. The van der Waals surface area contributed by atoms with Gasteiger partial charge in [0.2, 0.25) is 0 Å². The molecule has 1 aliphatic rings. The predicted molar refractivity (Wildman–Crippen MR) is 111 cm³/mol. The van der Waals surface area contributed by atoms with Crippen molar-refractivity contribution in [1.82, 2.24) is 0 Å². The average Bonchev–Trinajstić information content (AvgIpc) is 2.66. The molecule has 0 spiro atoms. The van der Waals surface area contributed by atoms with Gasteiger partial charge in [0.05, 0.1) is 10.8 Å². The Hall–Kier alpha value is -2.55. The summed E-state index contributed by atoms with van der Waals surface area (Å²) in [5, 5.41) is 0. The molecule has 3 heteroatoms. The van der Waals surface area contributed by atoms with Crippen LogP contribution in [0.25, 0.3) is 11.1 Å². The summed E-state index contributed by atoms with van der Waals surface area (Å²) in [6.45, 7) is 10.6. The van der Waals surface area contributed by atoms with Crippen LogP contribution in [-0.2, 0) is 20.8 Å². The van der Waals surface area contributed by atoms with E-state index in [1.165, 1.54) is 5.56 Å². The molecule has 0 amide bonds. The van der Waals surface area contributed by atoms with E-state index in [0.717, 1.165) is 28.7 Å². The number of hydrogen-bond donors (Lipinski definition) is 0. The minimum absolute atomic E-state index is 0.293. The topological polar surface area (TPSA) is 51.2 Å². The van der Waals surface area contributed by atoms with Crippen LogP contribution in [0, 0.1) is 17.8 Å². The number of hydrogen-bond acceptors (Lipinski definition) is 3. The van der Waals surface area contributed by atoms with Gasteiger partial charge in [-0.2, -0.15) is 0 Å². The van der Waals surface area contributed by atoms with E-state index in [1.54, 1.807) is 27.7 Å². The van der Waals surface area contributed by atoms with Crippen molar-refractivity contribution in [3.8, 4) is 11.1 Å². The minimum atomic E-state index is -1.17. The molecule has 0 radical (unpaired) electrons. The van der Waals surface area contributed by atoms with E-state index >= 15 is 0 Å². The molecule has 0 unspecified atom stereocenters. The van der Waals surface area contributed by atoms with Crippen LogP contribution < -0.4 is 0 Å². The van der Waals surface area contributed by atoms with Gasteiger partial charge >= 0.3 is 0 Å². The SMILES string of the molecule is CCc1ccc(-c2ccc(C)cc2)cc1C1C(=O)C(C)(C)C(=O)C(C)(C)C1=O. The lowest BCUT2D eigenvalue weighted by Gasteiger charge is -2.41. The number of carbonyl (C=O) groups excluding carboxylic acids is 3. The Kier molecular flexibility index (Phi) is 4.91. The zero-order chi connectivity index (χ0) is 20.9. The average molecular weight is 376 g/mol. The highest BCUT2D eigenvalue weighted by Crippen LogP contribution is 2.45. The van der Waals surface area contributed by atoms with Crippen molar-refractivity contribution in [3.63, 3.8) is 0 Å². The van der Waals surface area contributed by atoms with E-state index < -0.39 is 16.7 Å². The number of Topliss-reactive ketones (excluding diaryl/α,β-unsaturated/α-hetero) is 3. The molecule has 3 nitrogen and oxygen atoms in total. The lowest BCUT2D eigenvalue weighted by molar-refractivity contribution is -0.157. The van der Waals surface area contributed by atoms with Crippen LogP contribution in [0.3, 0.4) is 0 Å². The maximum Gasteiger partial charge on any atom is 0.160 e. The highest BCUT2D eigenvalue weighted by atomic mass is 16.2. The molecule has 0 aromatic heterocycles. The molecule has 1 aliphatic carbocycles. The van der Waals surface area contributed by atoms with Crippen LogP contribution in [-0.4, -0.2) is 17.3 Å². The van der Waals surface area contributed by atoms with Crippen LogP contribution in [0.2, 0.25) is 0 Å². The van der Waals surface area contributed by atoms with Crippen LogP contribution >= 0.6 is 0 Å². The molecule has 146 valence electrons. The summed E-state index contributed by atoms with van der Waals surface area (Å²) in [5.41, 5.74) is 2.56. The Balaban J connectivity index is 2.19. The van der Waals surface area contributed by atoms with E-state index in [-0.39, 0.29) is 17.3 Å². The summed E-state index contributed by atoms with van der Waals surface area (Å²) in [7, 11) is 0. The molecule has 28 heavy (non-hydrogen) atoms. The fraction of sp³-hybridized carbons (Fsp3) is 0.400. The highest BCUT2D eigenvalue weighted by molar-refractivity contribution is 6.30. The fourth-order valence-electron chi connectivity index (χ4n) is 4.24. The van der Waals surface area contributed by atoms with Gasteiger partial charge in [0.15, 0.2) is 17.3 Å². The first kappa shape index (κ1) is 20.2. The van der Waals surface area contributed by atoms with Gasteiger partial charge in [-0.15, -0.1) is 0 Å². The number of carbonyl (C=O) groups is 3. The molecule has 0 bridgehead atoms. The zero-order valence-corrected chi connectivity index (χ0v) is 17.6. The highest BCUT2D eigenvalue weighted by Gasteiger charge is 2.58. The zero-order valence-electron chi connectivity index (χ0n) is 17.6. The number of rotatable bonds is 3. The molecule has 0 saturated heterocycles. The number of benzene rings is 2. The number of ketones is 3. The van der Waals surface area contributed by atoms with Gasteiger partial charge in [-0.25, -0.2) is 0 Å². The third kappa shape index (κ3) is 3.03. The van der Waals surface area contributed by atoms with Gasteiger partial charge in [-0.1, -0.05) is 48.9 Å². The molecule has 0 N–H and O–H groups in total. The number of aryl methyl sites for hydroxylation is 2. The third-order valence-corrected chi connectivity index (χ3v) is 6.11. The summed E-state index contributed by atoms with van der Waals surface area (Å²) in [4.78, 5) is 39.3. The van der Waals surface area contributed by atoms with Crippen LogP contribution in [0.1, 0.15) is 57.2 Å². The molecule has 1 saturated carbocycles. The Morgan fingerprint density at radius 3 is 1.79 bits per heavy atom. The molecule has 3 rings (SSSR count). The van der Waals surface area contributed by atoms with Crippen molar-refractivity contribution < 1.29 is 14.4 Å². The Labute approximate surface area is 167 Å². The van der Waals surface area contributed by atoms with Crippen LogP contribution in [0.15, 0.2) is 42.5 Å². The second-order valence-corrected chi connectivity index (χ2v) is 8.87. The molecule has 0 atom stereocenters. The summed E-state index contributed by atoms with van der Waals surface area (Å²) in [6.07, 6.45) is 0.718. The van der Waals surface area contributed by atoms with E-state index in [4.69, 9.17) is 0 Å². The van der Waals surface area contributed by atoms with Crippen molar-refractivity contribution in [2.45, 2.75) is 53.9 Å². The largest absolute Gasteiger partial charge is 0.298 e. The van der Waals surface area contributed by atoms with Gasteiger partial charge in [-0.3, -0.25) is 14.4 Å². The van der Waals surface area contributed by atoms with E-state index in [9.17, 15) is 14.4 Å². The second-order valence-electron chi connectivity index (χ2n) is 8.87. The Bertz CT molecular complexity index is 932.